The minimum atomic E-state index is -1.12. The molecule has 10 heteroatoms. The standard InChI is InChI=1S/C28H37BF2N2O5/c1-26(2,3)36-25(34)17-9-10-22-23(14-17)33(11-12-35-8)24(32-22)15-18-13-21(31)19(16-20(18)30)29-37-27(4,5)28(6,7)38-29/h9-10,13-14,16,25,34H,11-12,15H2,1-8H3. The molecule has 38 heavy (non-hydrogen) atoms. The minimum Gasteiger partial charge on any atom is -0.399 e. The maximum Gasteiger partial charge on any atom is 0.497 e. The van der Waals surface area contributed by atoms with Crippen LogP contribution < -0.4 is 5.46 Å². The van der Waals surface area contributed by atoms with Crippen molar-refractivity contribution in [3.8, 4) is 0 Å². The highest BCUT2D eigenvalue weighted by Crippen LogP contribution is 2.37. The van der Waals surface area contributed by atoms with Gasteiger partial charge in [0, 0.05) is 31.1 Å². The fraction of sp³-hybridized carbons (Fsp3) is 0.536. The first-order chi connectivity index (χ1) is 17.6. The van der Waals surface area contributed by atoms with E-state index in [9.17, 15) is 5.11 Å². The fourth-order valence-electron chi connectivity index (χ4n) is 4.37. The second-order valence-electron chi connectivity index (χ2n) is 11.7. The van der Waals surface area contributed by atoms with Gasteiger partial charge in [0.1, 0.15) is 17.5 Å². The number of hydrogen-bond acceptors (Lipinski definition) is 6. The van der Waals surface area contributed by atoms with Crippen LogP contribution in [0, 0.1) is 11.6 Å². The number of fused-ring (bicyclic) bond motifs is 1. The molecule has 2 heterocycles. The summed E-state index contributed by atoms with van der Waals surface area (Å²) in [5, 5.41) is 10.6. The van der Waals surface area contributed by atoms with Gasteiger partial charge in [-0.3, -0.25) is 0 Å². The molecule has 0 bridgehead atoms. The van der Waals surface area contributed by atoms with Crippen molar-refractivity contribution in [2.45, 2.75) is 84.5 Å². The molecule has 1 saturated heterocycles. The molecule has 1 unspecified atom stereocenters. The normalized spacial score (nSPS) is 17.9. The molecule has 7 nitrogen and oxygen atoms in total. The SMILES string of the molecule is COCCn1c(Cc2cc(F)c(B3OC(C)(C)C(C)(C)O3)cc2F)nc2ccc(C(O)OC(C)(C)C)cc21. The van der Waals surface area contributed by atoms with Crippen LogP contribution in [0.5, 0.6) is 0 Å². The van der Waals surface area contributed by atoms with Crippen LogP contribution in [0.3, 0.4) is 0 Å². The molecule has 0 radical (unpaired) electrons. The van der Waals surface area contributed by atoms with Crippen LogP contribution in [-0.2, 0) is 31.7 Å². The highest BCUT2D eigenvalue weighted by Gasteiger charge is 2.52. The molecule has 1 aliphatic rings. The molecular formula is C28H37BF2N2O5. The number of aliphatic hydroxyl groups is 1. The van der Waals surface area contributed by atoms with Crippen LogP contribution in [0.2, 0.25) is 0 Å². The first-order valence-electron chi connectivity index (χ1n) is 12.8. The molecule has 1 fully saturated rings. The smallest absolute Gasteiger partial charge is 0.399 e. The number of rotatable bonds is 8. The van der Waals surface area contributed by atoms with Crippen LogP contribution in [0.1, 0.15) is 71.7 Å². The highest BCUT2D eigenvalue weighted by molar-refractivity contribution is 6.62. The third-order valence-electron chi connectivity index (χ3n) is 7.14. The Morgan fingerprint density at radius 1 is 1.05 bits per heavy atom. The lowest BCUT2D eigenvalue weighted by Crippen LogP contribution is -2.41. The van der Waals surface area contributed by atoms with Gasteiger partial charge in [-0.05, 0) is 78.3 Å². The molecule has 2 aromatic carbocycles. The van der Waals surface area contributed by atoms with Crippen molar-refractivity contribution in [3.63, 3.8) is 0 Å². The third-order valence-corrected chi connectivity index (χ3v) is 7.14. The number of halogens is 2. The average molecular weight is 530 g/mol. The Hall–Kier alpha value is -2.37. The Labute approximate surface area is 223 Å². The van der Waals surface area contributed by atoms with E-state index in [4.69, 9.17) is 23.8 Å². The van der Waals surface area contributed by atoms with Gasteiger partial charge < -0.3 is 28.5 Å². The second kappa shape index (κ2) is 10.3. The van der Waals surface area contributed by atoms with Gasteiger partial charge in [-0.25, -0.2) is 13.8 Å². The lowest BCUT2D eigenvalue weighted by molar-refractivity contribution is -0.169. The van der Waals surface area contributed by atoms with Gasteiger partial charge in [0.05, 0.1) is 34.4 Å². The summed E-state index contributed by atoms with van der Waals surface area (Å²) in [5.41, 5.74) is 0.276. The quantitative estimate of drug-likeness (QED) is 0.338. The predicted octanol–water partition coefficient (Wildman–Crippen LogP) is 4.66. The molecule has 1 aliphatic heterocycles. The Kier molecular flexibility index (Phi) is 7.77. The van der Waals surface area contributed by atoms with Crippen LogP contribution in [0.25, 0.3) is 11.0 Å². The third kappa shape index (κ3) is 5.79. The summed E-state index contributed by atoms with van der Waals surface area (Å²) < 4.78 is 55.3. The van der Waals surface area contributed by atoms with Crippen molar-refractivity contribution in [1.29, 1.82) is 0 Å². The second-order valence-corrected chi connectivity index (χ2v) is 11.7. The van der Waals surface area contributed by atoms with E-state index < -0.39 is 41.8 Å². The van der Waals surface area contributed by atoms with Crippen LogP contribution >= 0.6 is 0 Å². The first kappa shape index (κ1) is 28.6. The summed E-state index contributed by atoms with van der Waals surface area (Å²) in [5.74, 6) is -0.637. The molecule has 0 saturated carbocycles. The monoisotopic (exact) mass is 530 g/mol. The molecule has 1 aromatic heterocycles. The summed E-state index contributed by atoms with van der Waals surface area (Å²) in [6.45, 7) is 13.9. The van der Waals surface area contributed by atoms with Crippen molar-refractivity contribution < 1.29 is 32.7 Å². The van der Waals surface area contributed by atoms with Gasteiger partial charge in [0.2, 0.25) is 0 Å². The zero-order valence-corrected chi connectivity index (χ0v) is 23.4. The molecule has 4 rings (SSSR count). The van der Waals surface area contributed by atoms with E-state index >= 15 is 8.78 Å². The number of hydrogen-bond donors (Lipinski definition) is 1. The molecule has 0 spiro atoms. The maximum atomic E-state index is 15.3. The molecule has 1 N–H and O–H groups in total. The van der Waals surface area contributed by atoms with Crippen molar-refractivity contribution in [2.24, 2.45) is 0 Å². The van der Waals surface area contributed by atoms with Crippen LogP contribution in [0.4, 0.5) is 8.78 Å². The fourth-order valence-corrected chi connectivity index (χ4v) is 4.37. The number of nitrogens with zero attached hydrogens (tertiary/aromatic N) is 2. The van der Waals surface area contributed by atoms with Gasteiger partial charge >= 0.3 is 7.12 Å². The summed E-state index contributed by atoms with van der Waals surface area (Å²) in [6, 6.07) is 7.66. The Morgan fingerprint density at radius 2 is 1.71 bits per heavy atom. The van der Waals surface area contributed by atoms with E-state index in [-0.39, 0.29) is 17.4 Å². The van der Waals surface area contributed by atoms with Crippen LogP contribution in [-0.4, -0.2) is 52.3 Å². The zero-order valence-electron chi connectivity index (χ0n) is 23.4. The van der Waals surface area contributed by atoms with E-state index in [1.165, 1.54) is 6.07 Å². The molecule has 3 aromatic rings. The predicted molar refractivity (Wildman–Crippen MR) is 142 cm³/mol. The lowest BCUT2D eigenvalue weighted by atomic mass is 9.78. The summed E-state index contributed by atoms with van der Waals surface area (Å²) in [6.07, 6.45) is -1.07. The Balaban J connectivity index is 1.67. The van der Waals surface area contributed by atoms with E-state index in [1.807, 2.05) is 53.0 Å². The number of benzene rings is 2. The van der Waals surface area contributed by atoms with Crippen molar-refractivity contribution >= 4 is 23.6 Å². The van der Waals surface area contributed by atoms with Crippen molar-refractivity contribution in [1.82, 2.24) is 9.55 Å². The molecular weight excluding hydrogens is 493 g/mol. The molecule has 206 valence electrons. The van der Waals surface area contributed by atoms with Gasteiger partial charge in [-0.2, -0.15) is 0 Å². The molecule has 0 amide bonds. The number of methoxy groups -OCH3 is 1. The van der Waals surface area contributed by atoms with Crippen molar-refractivity contribution in [3.05, 3.63) is 58.9 Å². The summed E-state index contributed by atoms with van der Waals surface area (Å²) in [7, 11) is 0.587. The van der Waals surface area contributed by atoms with E-state index in [0.29, 0.717) is 30.1 Å². The summed E-state index contributed by atoms with van der Waals surface area (Å²) in [4.78, 5) is 4.69. The number of aromatic nitrogens is 2. The van der Waals surface area contributed by atoms with E-state index in [0.717, 1.165) is 11.6 Å². The largest absolute Gasteiger partial charge is 0.497 e. The number of aliphatic hydroxyl groups excluding tert-OH is 1. The molecule has 0 aliphatic carbocycles. The average Bonchev–Trinajstić information content (AvgIpc) is 3.24. The number of ether oxygens (including phenoxy) is 2. The van der Waals surface area contributed by atoms with E-state index in [2.05, 4.69) is 0 Å². The topological polar surface area (TPSA) is 75.0 Å². The highest BCUT2D eigenvalue weighted by atomic mass is 19.1. The Bertz CT molecular complexity index is 1300. The zero-order chi connectivity index (χ0) is 28.0. The van der Waals surface area contributed by atoms with Crippen molar-refractivity contribution in [2.75, 3.05) is 13.7 Å². The lowest BCUT2D eigenvalue weighted by Gasteiger charge is -2.32. The van der Waals surface area contributed by atoms with E-state index in [1.54, 1.807) is 25.3 Å². The number of imidazole rings is 1. The summed E-state index contributed by atoms with van der Waals surface area (Å²) >= 11 is 0. The van der Waals surface area contributed by atoms with Gasteiger partial charge in [0.15, 0.2) is 6.29 Å². The molecule has 1 atom stereocenters. The minimum absolute atomic E-state index is 0.0234. The van der Waals surface area contributed by atoms with Gasteiger partial charge in [0.25, 0.3) is 0 Å². The first-order valence-corrected chi connectivity index (χ1v) is 12.8. The Morgan fingerprint density at radius 3 is 2.32 bits per heavy atom. The van der Waals surface area contributed by atoms with Gasteiger partial charge in [-0.15, -0.1) is 0 Å². The van der Waals surface area contributed by atoms with Crippen LogP contribution in [0.15, 0.2) is 30.3 Å². The maximum absolute atomic E-state index is 15.3. The van der Waals surface area contributed by atoms with Gasteiger partial charge in [-0.1, -0.05) is 6.07 Å².